The molecule has 3 aliphatic heterocycles. The summed E-state index contributed by atoms with van der Waals surface area (Å²) in [6.07, 6.45) is -0.0109. The van der Waals surface area contributed by atoms with Gasteiger partial charge in [0.1, 0.15) is 6.10 Å². The van der Waals surface area contributed by atoms with Crippen LogP contribution in [0.2, 0.25) is 0 Å². The number of hydrogen-bond acceptors (Lipinski definition) is 9. The maximum atomic E-state index is 13.4. The van der Waals surface area contributed by atoms with Crippen LogP contribution in [-0.2, 0) is 24.3 Å². The zero-order valence-electron chi connectivity index (χ0n) is 20.9. The van der Waals surface area contributed by atoms with Crippen LogP contribution in [0, 0.1) is 23.7 Å². The van der Waals surface area contributed by atoms with E-state index in [2.05, 4.69) is 11.0 Å². The van der Waals surface area contributed by atoms with Gasteiger partial charge in [0.05, 0.1) is 36.0 Å². The van der Waals surface area contributed by atoms with Gasteiger partial charge in [0.25, 0.3) is 5.91 Å². The Hall–Kier alpha value is -2.92. The second-order valence-electron chi connectivity index (χ2n) is 9.83. The number of hydrogen-bond donors (Lipinski definition) is 2. The van der Waals surface area contributed by atoms with Crippen molar-refractivity contribution in [2.75, 3.05) is 63.1 Å². The molecule has 3 heterocycles. The Labute approximate surface area is 216 Å². The van der Waals surface area contributed by atoms with Crippen molar-refractivity contribution < 1.29 is 32.7 Å². The van der Waals surface area contributed by atoms with Gasteiger partial charge in [-0.15, -0.1) is 0 Å². The Morgan fingerprint density at radius 3 is 2.49 bits per heavy atom. The van der Waals surface area contributed by atoms with Gasteiger partial charge >= 0.3 is 6.09 Å². The highest BCUT2D eigenvalue weighted by Crippen LogP contribution is 2.35. The summed E-state index contributed by atoms with van der Waals surface area (Å²) in [5, 5.41) is 18.5. The van der Waals surface area contributed by atoms with Crippen LogP contribution in [0.4, 0.5) is 10.5 Å². The number of piperidine rings is 1. The minimum Gasteiger partial charge on any atom is -0.444 e. The number of hydroxylamine groups is 1. The Bertz CT molecular complexity index is 1150. The second kappa shape index (κ2) is 11.2. The number of likely N-dealkylation sites (tertiary alicyclic amines) is 1. The van der Waals surface area contributed by atoms with E-state index < -0.39 is 33.2 Å². The molecule has 0 saturated carbocycles. The number of piperazine rings is 1. The number of carbonyl (C=O) groups excluding carboxylic acids is 2. The van der Waals surface area contributed by atoms with Gasteiger partial charge in [-0.2, -0.15) is 9.57 Å². The fourth-order valence-electron chi connectivity index (χ4n) is 5.22. The molecule has 1 aromatic carbocycles. The molecule has 3 fully saturated rings. The molecule has 1 atom stereocenters. The molecule has 37 heavy (non-hydrogen) atoms. The van der Waals surface area contributed by atoms with Gasteiger partial charge in [0, 0.05) is 51.4 Å². The number of amides is 2. The smallest absolute Gasteiger partial charge is 0.410 e. The fraction of sp³-hybridized carbons (Fsp3) is 0.625. The van der Waals surface area contributed by atoms with Crippen LogP contribution in [0.1, 0.15) is 30.4 Å². The van der Waals surface area contributed by atoms with Crippen molar-refractivity contribution in [1.82, 2.24) is 14.7 Å². The van der Waals surface area contributed by atoms with E-state index in [0.717, 1.165) is 11.3 Å². The van der Waals surface area contributed by atoms with Crippen molar-refractivity contribution in [2.24, 2.45) is 5.41 Å². The van der Waals surface area contributed by atoms with Gasteiger partial charge in [-0.1, -0.05) is 0 Å². The SMILES string of the molecule is Cc1cc(C#N)ccc1N1CCN(S(=O)(=O)CC2(C(=O)NO)CCN(C(=O)OC3CCOC3)CC2)CC1. The Morgan fingerprint density at radius 2 is 1.92 bits per heavy atom. The molecule has 0 spiro atoms. The third-order valence-corrected chi connectivity index (χ3v) is 9.54. The second-order valence-corrected chi connectivity index (χ2v) is 11.8. The van der Waals surface area contributed by atoms with Crippen LogP contribution in [0.5, 0.6) is 0 Å². The molecule has 0 radical (unpaired) electrons. The number of anilines is 1. The predicted molar refractivity (Wildman–Crippen MR) is 132 cm³/mol. The number of aryl methyl sites for hydroxylation is 1. The molecule has 2 N–H and O–H groups in total. The Morgan fingerprint density at radius 1 is 1.22 bits per heavy atom. The summed E-state index contributed by atoms with van der Waals surface area (Å²) < 4.78 is 38.9. The summed E-state index contributed by atoms with van der Waals surface area (Å²) in [6.45, 7) is 4.53. The molecule has 4 rings (SSSR count). The van der Waals surface area contributed by atoms with E-state index in [1.807, 2.05) is 13.0 Å². The molecular weight excluding hydrogens is 502 g/mol. The lowest BCUT2D eigenvalue weighted by molar-refractivity contribution is -0.141. The van der Waals surface area contributed by atoms with Crippen molar-refractivity contribution in [3.8, 4) is 6.07 Å². The van der Waals surface area contributed by atoms with E-state index >= 15 is 0 Å². The predicted octanol–water partition coefficient (Wildman–Crippen LogP) is 0.832. The van der Waals surface area contributed by atoms with E-state index in [4.69, 9.17) is 14.7 Å². The number of sulfonamides is 1. The summed E-state index contributed by atoms with van der Waals surface area (Å²) in [4.78, 5) is 28.7. The molecule has 0 aromatic heterocycles. The minimum absolute atomic E-state index is 0.0826. The number of nitriles is 1. The Kier molecular flexibility index (Phi) is 8.23. The molecule has 13 heteroatoms. The van der Waals surface area contributed by atoms with E-state index in [1.165, 1.54) is 9.21 Å². The summed E-state index contributed by atoms with van der Waals surface area (Å²) in [5.41, 5.74) is 2.75. The van der Waals surface area contributed by atoms with E-state index in [-0.39, 0.29) is 45.1 Å². The lowest BCUT2D eigenvalue weighted by atomic mass is 9.79. The highest BCUT2D eigenvalue weighted by Gasteiger charge is 2.47. The van der Waals surface area contributed by atoms with Crippen LogP contribution in [0.15, 0.2) is 18.2 Å². The first kappa shape index (κ1) is 27.1. The van der Waals surface area contributed by atoms with Gasteiger partial charge in [-0.05, 0) is 43.5 Å². The van der Waals surface area contributed by atoms with Crippen LogP contribution in [-0.4, -0.2) is 99.2 Å². The minimum atomic E-state index is -3.84. The van der Waals surface area contributed by atoms with Gasteiger partial charge in [-0.3, -0.25) is 10.0 Å². The Balaban J connectivity index is 1.38. The van der Waals surface area contributed by atoms with Crippen LogP contribution >= 0.6 is 0 Å². The lowest BCUT2D eigenvalue weighted by Crippen LogP contribution is -2.56. The molecule has 1 unspecified atom stereocenters. The van der Waals surface area contributed by atoms with Crippen molar-refractivity contribution in [2.45, 2.75) is 32.3 Å². The summed E-state index contributed by atoms with van der Waals surface area (Å²) >= 11 is 0. The quantitative estimate of drug-likeness (QED) is 0.398. The van der Waals surface area contributed by atoms with Crippen LogP contribution in [0.3, 0.4) is 0 Å². The van der Waals surface area contributed by atoms with Crippen molar-refractivity contribution in [1.29, 1.82) is 5.26 Å². The molecule has 3 saturated heterocycles. The van der Waals surface area contributed by atoms with Gasteiger partial charge in [0.2, 0.25) is 10.0 Å². The molecule has 1 aromatic rings. The summed E-state index contributed by atoms with van der Waals surface area (Å²) in [6, 6.07) is 7.54. The molecule has 0 aliphatic carbocycles. The monoisotopic (exact) mass is 535 g/mol. The van der Waals surface area contributed by atoms with Crippen molar-refractivity contribution >= 4 is 27.7 Å². The van der Waals surface area contributed by atoms with Crippen molar-refractivity contribution in [3.05, 3.63) is 29.3 Å². The fourth-order valence-corrected chi connectivity index (χ4v) is 7.24. The average molecular weight is 536 g/mol. The van der Waals surface area contributed by atoms with E-state index in [1.54, 1.807) is 17.6 Å². The third kappa shape index (κ3) is 5.98. The number of benzene rings is 1. The van der Waals surface area contributed by atoms with Gasteiger partial charge in [-0.25, -0.2) is 18.7 Å². The maximum absolute atomic E-state index is 13.4. The first-order valence-electron chi connectivity index (χ1n) is 12.4. The van der Waals surface area contributed by atoms with Crippen molar-refractivity contribution in [3.63, 3.8) is 0 Å². The first-order valence-corrected chi connectivity index (χ1v) is 14.0. The highest BCUT2D eigenvalue weighted by atomic mass is 32.2. The molecule has 2 amide bonds. The molecule has 0 bridgehead atoms. The molecule has 3 aliphatic rings. The van der Waals surface area contributed by atoms with Crippen LogP contribution < -0.4 is 10.4 Å². The molecule has 12 nitrogen and oxygen atoms in total. The topological polar surface area (TPSA) is 153 Å². The molecular formula is C24H33N5O7S. The maximum Gasteiger partial charge on any atom is 0.410 e. The summed E-state index contributed by atoms with van der Waals surface area (Å²) in [7, 11) is -3.84. The number of carbonyl (C=O) groups is 2. The number of nitrogens with zero attached hydrogens (tertiary/aromatic N) is 4. The number of nitrogens with one attached hydrogen (secondary N) is 1. The highest BCUT2D eigenvalue weighted by molar-refractivity contribution is 7.89. The van der Waals surface area contributed by atoms with Gasteiger partial charge < -0.3 is 19.3 Å². The zero-order chi connectivity index (χ0) is 26.6. The first-order chi connectivity index (χ1) is 17.7. The average Bonchev–Trinajstić information content (AvgIpc) is 3.41. The van der Waals surface area contributed by atoms with Crippen LogP contribution in [0.25, 0.3) is 0 Å². The molecule has 202 valence electrons. The number of rotatable bonds is 6. The van der Waals surface area contributed by atoms with E-state index in [9.17, 15) is 23.2 Å². The lowest BCUT2D eigenvalue weighted by Gasteiger charge is -2.41. The zero-order valence-corrected chi connectivity index (χ0v) is 21.7. The normalized spacial score (nSPS) is 22.4. The number of ether oxygens (including phenoxy) is 2. The van der Waals surface area contributed by atoms with Gasteiger partial charge in [0.15, 0.2) is 0 Å². The van der Waals surface area contributed by atoms with E-state index in [0.29, 0.717) is 38.3 Å². The summed E-state index contributed by atoms with van der Waals surface area (Å²) in [5.74, 6) is -1.22. The standard InChI is InChI=1S/C24H33N5O7S/c1-18-14-19(15-25)2-3-21(18)27-9-11-29(12-10-27)37(33,34)17-24(22(30)26-32)5-7-28(8-6-24)23(31)36-20-4-13-35-16-20/h2-3,14,20,32H,4-13,16-17H2,1H3,(H,26,30). The third-order valence-electron chi connectivity index (χ3n) is 7.47. The largest absolute Gasteiger partial charge is 0.444 e.